The van der Waals surface area contributed by atoms with Gasteiger partial charge in [-0.15, -0.1) is 0 Å². The van der Waals surface area contributed by atoms with E-state index in [1.165, 1.54) is 77.0 Å². The van der Waals surface area contributed by atoms with Crippen LogP contribution in [0.3, 0.4) is 0 Å². The first kappa shape index (κ1) is 53.7. The Morgan fingerprint density at radius 2 is 0.946 bits per heavy atom. The third-order valence-electron chi connectivity index (χ3n) is 9.36. The first-order chi connectivity index (χ1) is 27.1. The minimum absolute atomic E-state index is 0.151. The molecule has 0 amide bonds. The van der Waals surface area contributed by atoms with Gasteiger partial charge in [-0.2, -0.15) is 0 Å². The zero-order chi connectivity index (χ0) is 41.4. The van der Waals surface area contributed by atoms with Gasteiger partial charge in [0.25, 0.3) is 0 Å². The molecule has 12 heteroatoms. The van der Waals surface area contributed by atoms with Crippen LogP contribution in [0.4, 0.5) is 0 Å². The molecule has 0 rings (SSSR count). The quantitative estimate of drug-likeness (QED) is 0.0232. The van der Waals surface area contributed by atoms with Crippen LogP contribution in [-0.4, -0.2) is 59.9 Å². The van der Waals surface area contributed by atoms with Crippen molar-refractivity contribution in [2.75, 3.05) is 19.8 Å². The number of rotatable bonds is 41. The maximum Gasteiger partial charge on any atom is 0.472 e. The maximum atomic E-state index is 12.6. The van der Waals surface area contributed by atoms with Gasteiger partial charge in [0.1, 0.15) is 12.6 Å². The van der Waals surface area contributed by atoms with Gasteiger partial charge in [0.15, 0.2) is 6.10 Å². The molecule has 0 saturated heterocycles. The van der Waals surface area contributed by atoms with Gasteiger partial charge in [0.2, 0.25) is 0 Å². The minimum Gasteiger partial charge on any atom is -0.480 e. The largest absolute Gasteiger partial charge is 0.480 e. The Balaban J connectivity index is 4.38. The topological polar surface area (TPSA) is 172 Å². The molecule has 0 fully saturated rings. The Hall–Kier alpha value is -2.30. The summed E-state index contributed by atoms with van der Waals surface area (Å²) in [5, 5.41) is 8.89. The number of hydrogen-bond donors (Lipinski definition) is 3. The highest BCUT2D eigenvalue weighted by atomic mass is 31.2. The van der Waals surface area contributed by atoms with E-state index >= 15 is 0 Å². The first-order valence-corrected chi connectivity index (χ1v) is 23.5. The molecule has 3 atom stereocenters. The highest BCUT2D eigenvalue weighted by molar-refractivity contribution is 7.47. The molecule has 0 spiro atoms. The van der Waals surface area contributed by atoms with Gasteiger partial charge in [0, 0.05) is 12.8 Å². The summed E-state index contributed by atoms with van der Waals surface area (Å²) in [5.74, 6) is -2.40. The molecule has 0 heterocycles. The number of carbonyl (C=O) groups is 3. The molecule has 0 radical (unpaired) electrons. The molecule has 0 aliphatic carbocycles. The van der Waals surface area contributed by atoms with Crippen LogP contribution < -0.4 is 5.73 Å². The zero-order valence-corrected chi connectivity index (χ0v) is 36.1. The summed E-state index contributed by atoms with van der Waals surface area (Å²) in [6, 6.07) is -1.52. The summed E-state index contributed by atoms with van der Waals surface area (Å²) < 4.78 is 32.7. The number of phosphoric ester groups is 1. The van der Waals surface area contributed by atoms with E-state index in [1.807, 2.05) is 0 Å². The monoisotopic (exact) mass is 814 g/mol. The molecule has 1 unspecified atom stereocenters. The molecule has 0 aromatic heterocycles. The molecule has 0 aromatic rings. The SMILES string of the molecule is CCCCC/C=C\C/C=C\CCCCCCCCCC(=O)O[C@H](COC(=O)CCCCCCC/C=C\CCCCCCCC)COP(=O)(O)OC[C@H](N)C(=O)O. The fourth-order valence-corrected chi connectivity index (χ4v) is 6.63. The number of esters is 2. The lowest BCUT2D eigenvalue weighted by atomic mass is 10.1. The number of aliphatic carboxylic acids is 1. The van der Waals surface area contributed by atoms with Gasteiger partial charge < -0.3 is 25.2 Å². The zero-order valence-electron chi connectivity index (χ0n) is 35.2. The van der Waals surface area contributed by atoms with Crippen LogP contribution in [0.2, 0.25) is 0 Å². The van der Waals surface area contributed by atoms with Crippen LogP contribution in [0, 0.1) is 0 Å². The van der Waals surface area contributed by atoms with Crippen LogP contribution in [0.15, 0.2) is 36.5 Å². The van der Waals surface area contributed by atoms with E-state index in [9.17, 15) is 23.8 Å². The van der Waals surface area contributed by atoms with Crippen molar-refractivity contribution in [1.82, 2.24) is 0 Å². The summed E-state index contributed by atoms with van der Waals surface area (Å²) in [4.78, 5) is 46.0. The summed E-state index contributed by atoms with van der Waals surface area (Å²) >= 11 is 0. The van der Waals surface area contributed by atoms with Crippen molar-refractivity contribution in [3.8, 4) is 0 Å². The van der Waals surface area contributed by atoms with E-state index in [0.717, 1.165) is 77.0 Å². The Morgan fingerprint density at radius 1 is 0.554 bits per heavy atom. The Morgan fingerprint density at radius 3 is 1.45 bits per heavy atom. The molecular formula is C44H80NO10P. The number of nitrogens with two attached hydrogens (primary N) is 1. The van der Waals surface area contributed by atoms with Crippen molar-refractivity contribution in [1.29, 1.82) is 0 Å². The Labute approximate surface area is 340 Å². The Bertz CT molecular complexity index is 1100. The van der Waals surface area contributed by atoms with Gasteiger partial charge in [0.05, 0.1) is 13.2 Å². The fraction of sp³-hybridized carbons (Fsp3) is 0.795. The van der Waals surface area contributed by atoms with Crippen LogP contribution in [0.25, 0.3) is 0 Å². The molecule has 56 heavy (non-hydrogen) atoms. The van der Waals surface area contributed by atoms with Crippen molar-refractivity contribution >= 4 is 25.7 Å². The van der Waals surface area contributed by atoms with E-state index in [4.69, 9.17) is 24.8 Å². The summed E-state index contributed by atoms with van der Waals surface area (Å²) in [5.41, 5.74) is 5.33. The average Bonchev–Trinajstić information content (AvgIpc) is 3.17. The number of hydrogen-bond acceptors (Lipinski definition) is 9. The molecule has 11 nitrogen and oxygen atoms in total. The van der Waals surface area contributed by atoms with Gasteiger partial charge >= 0.3 is 25.7 Å². The molecule has 0 aromatic carbocycles. The fourth-order valence-electron chi connectivity index (χ4n) is 5.85. The average molecular weight is 814 g/mol. The molecular weight excluding hydrogens is 733 g/mol. The van der Waals surface area contributed by atoms with Crippen LogP contribution in [0.5, 0.6) is 0 Å². The highest BCUT2D eigenvalue weighted by Gasteiger charge is 2.28. The number of carboxylic acid groups (broad SMARTS) is 1. The molecule has 0 saturated carbocycles. The standard InChI is InChI=1S/C44H80NO10P/c1-3-5-7-9-11-13-15-17-19-20-22-24-26-28-30-32-34-36-43(47)55-40(38-53-56(50,51)54-39-41(45)44(48)49)37-52-42(46)35-33-31-29-27-25-23-21-18-16-14-12-10-8-6-4-2/h11,13,17-19,21,40-41H,3-10,12,14-16,20,22-39,45H2,1-2H3,(H,48,49)(H,50,51)/b13-11-,19-17-,21-18-/t40-,41+/m1/s1. The lowest BCUT2D eigenvalue weighted by Gasteiger charge is -2.20. The number of carboxylic acids is 1. The molecule has 0 aliphatic heterocycles. The van der Waals surface area contributed by atoms with E-state index < -0.39 is 51.1 Å². The number of ether oxygens (including phenoxy) is 2. The lowest BCUT2D eigenvalue weighted by Crippen LogP contribution is -2.34. The third kappa shape index (κ3) is 38.6. The van der Waals surface area contributed by atoms with Crippen molar-refractivity contribution in [2.45, 2.75) is 206 Å². The van der Waals surface area contributed by atoms with Crippen molar-refractivity contribution < 1.29 is 47.5 Å². The van der Waals surface area contributed by atoms with Crippen molar-refractivity contribution in [3.05, 3.63) is 36.5 Å². The van der Waals surface area contributed by atoms with E-state index in [2.05, 4.69) is 54.8 Å². The summed E-state index contributed by atoms with van der Waals surface area (Å²) in [6.07, 6.45) is 42.0. The number of carbonyl (C=O) groups excluding carboxylic acids is 2. The number of allylic oxidation sites excluding steroid dienone is 6. The van der Waals surface area contributed by atoms with Gasteiger partial charge in [-0.05, 0) is 70.6 Å². The highest BCUT2D eigenvalue weighted by Crippen LogP contribution is 2.43. The molecule has 4 N–H and O–H groups in total. The third-order valence-corrected chi connectivity index (χ3v) is 10.3. The predicted molar refractivity (Wildman–Crippen MR) is 226 cm³/mol. The Kier molecular flexibility index (Phi) is 37.9. The van der Waals surface area contributed by atoms with Gasteiger partial charge in [-0.1, -0.05) is 147 Å². The lowest BCUT2D eigenvalue weighted by molar-refractivity contribution is -0.161. The van der Waals surface area contributed by atoms with Gasteiger partial charge in [-0.25, -0.2) is 4.57 Å². The van der Waals surface area contributed by atoms with E-state index in [0.29, 0.717) is 12.8 Å². The van der Waals surface area contributed by atoms with E-state index in [-0.39, 0.29) is 19.4 Å². The minimum atomic E-state index is -4.72. The second-order valence-corrected chi connectivity index (χ2v) is 16.3. The van der Waals surface area contributed by atoms with Crippen LogP contribution >= 0.6 is 7.82 Å². The van der Waals surface area contributed by atoms with Crippen LogP contribution in [0.1, 0.15) is 194 Å². The number of phosphoric acid groups is 1. The summed E-state index contributed by atoms with van der Waals surface area (Å²) in [7, 11) is -4.72. The van der Waals surface area contributed by atoms with Crippen molar-refractivity contribution in [2.24, 2.45) is 5.73 Å². The molecule has 326 valence electrons. The summed E-state index contributed by atoms with van der Waals surface area (Å²) in [6.45, 7) is 2.76. The van der Waals surface area contributed by atoms with Gasteiger partial charge in [-0.3, -0.25) is 23.4 Å². The molecule has 0 bridgehead atoms. The number of unbranched alkanes of at least 4 members (excludes halogenated alkanes) is 21. The predicted octanol–water partition coefficient (Wildman–Crippen LogP) is 11.6. The molecule has 0 aliphatic rings. The van der Waals surface area contributed by atoms with Crippen LogP contribution in [-0.2, 0) is 37.5 Å². The normalized spacial score (nSPS) is 14.1. The van der Waals surface area contributed by atoms with Crippen molar-refractivity contribution in [3.63, 3.8) is 0 Å². The van der Waals surface area contributed by atoms with E-state index in [1.54, 1.807) is 0 Å². The smallest absolute Gasteiger partial charge is 0.472 e. The second kappa shape index (κ2) is 39.5. The second-order valence-electron chi connectivity index (χ2n) is 14.8. The first-order valence-electron chi connectivity index (χ1n) is 22.0. The maximum absolute atomic E-state index is 12.6.